The third kappa shape index (κ3) is 4.77. The van der Waals surface area contributed by atoms with Gasteiger partial charge in [0.25, 0.3) is 0 Å². The van der Waals surface area contributed by atoms with E-state index in [1.54, 1.807) is 6.26 Å². The van der Waals surface area contributed by atoms with Gasteiger partial charge in [-0.05, 0) is 31.9 Å². The summed E-state index contributed by atoms with van der Waals surface area (Å²) in [7, 11) is 0. The summed E-state index contributed by atoms with van der Waals surface area (Å²) < 4.78 is 7.49. The number of hydrogen-bond donors (Lipinski definition) is 1. The fourth-order valence-corrected chi connectivity index (χ4v) is 4.30. The van der Waals surface area contributed by atoms with Gasteiger partial charge in [0.1, 0.15) is 10.8 Å². The predicted molar refractivity (Wildman–Crippen MR) is 117 cm³/mol. The number of hydrogen-bond acceptors (Lipinski definition) is 8. The number of amides is 1. The van der Waals surface area contributed by atoms with Gasteiger partial charge in [0.15, 0.2) is 11.0 Å². The molecule has 154 valence electrons. The molecule has 0 unspecified atom stereocenters. The molecule has 3 aromatic heterocycles. The molecule has 4 aromatic rings. The quantitative estimate of drug-likeness (QED) is 0.414. The van der Waals surface area contributed by atoms with Crippen LogP contribution in [0, 0.1) is 13.8 Å². The molecule has 0 bridgehead atoms. The Morgan fingerprint density at radius 3 is 2.67 bits per heavy atom. The minimum Gasteiger partial charge on any atom is -0.469 e. The smallest absolute Gasteiger partial charge is 0.236 e. The van der Waals surface area contributed by atoms with Gasteiger partial charge in [0.2, 0.25) is 11.0 Å². The minimum atomic E-state index is -0.158. The van der Waals surface area contributed by atoms with E-state index in [0.29, 0.717) is 16.8 Å². The maximum atomic E-state index is 12.3. The van der Waals surface area contributed by atoms with Crippen molar-refractivity contribution in [1.29, 1.82) is 0 Å². The van der Waals surface area contributed by atoms with Gasteiger partial charge in [-0.25, -0.2) is 0 Å². The molecule has 0 saturated heterocycles. The van der Waals surface area contributed by atoms with Crippen LogP contribution >= 0.6 is 23.1 Å². The topological polar surface area (TPSA) is 98.7 Å². The van der Waals surface area contributed by atoms with Gasteiger partial charge in [-0.3, -0.25) is 10.1 Å². The molecule has 3 heterocycles. The number of carbonyl (C=O) groups is 1. The Labute approximate surface area is 181 Å². The zero-order chi connectivity index (χ0) is 20.9. The highest BCUT2D eigenvalue weighted by atomic mass is 32.2. The second-order valence-corrected chi connectivity index (χ2v) is 8.67. The van der Waals surface area contributed by atoms with Crippen molar-refractivity contribution in [3.63, 3.8) is 0 Å². The van der Waals surface area contributed by atoms with E-state index >= 15 is 0 Å². The van der Waals surface area contributed by atoms with Crippen molar-refractivity contribution >= 4 is 34.1 Å². The lowest BCUT2D eigenvalue weighted by Gasteiger charge is -2.10. The van der Waals surface area contributed by atoms with Crippen LogP contribution in [0.5, 0.6) is 0 Å². The fraction of sp³-hybridized carbons (Fsp3) is 0.250. The summed E-state index contributed by atoms with van der Waals surface area (Å²) in [6.07, 6.45) is 2.47. The van der Waals surface area contributed by atoms with Crippen LogP contribution in [0.25, 0.3) is 11.4 Å². The summed E-state index contributed by atoms with van der Waals surface area (Å²) in [5.74, 6) is 1.56. The molecule has 0 aliphatic carbocycles. The van der Waals surface area contributed by atoms with Gasteiger partial charge in [0.05, 0.1) is 17.6 Å². The molecule has 1 aromatic carbocycles. The molecule has 0 radical (unpaired) electrons. The maximum Gasteiger partial charge on any atom is 0.236 e. The van der Waals surface area contributed by atoms with Crippen molar-refractivity contribution in [2.45, 2.75) is 32.0 Å². The van der Waals surface area contributed by atoms with Gasteiger partial charge in [0, 0.05) is 6.54 Å². The monoisotopic (exact) mass is 440 g/mol. The van der Waals surface area contributed by atoms with Crippen molar-refractivity contribution in [1.82, 2.24) is 25.0 Å². The number of anilines is 1. The number of aromatic nitrogens is 5. The van der Waals surface area contributed by atoms with E-state index in [1.807, 2.05) is 42.7 Å². The first kappa shape index (κ1) is 20.3. The Hall–Kier alpha value is -2.98. The van der Waals surface area contributed by atoms with Gasteiger partial charge < -0.3 is 8.98 Å². The van der Waals surface area contributed by atoms with Gasteiger partial charge >= 0.3 is 0 Å². The lowest BCUT2D eigenvalue weighted by Crippen LogP contribution is -2.15. The number of aryl methyl sites for hydroxylation is 3. The Morgan fingerprint density at radius 2 is 1.97 bits per heavy atom. The Bertz CT molecular complexity index is 1140. The first-order valence-electron chi connectivity index (χ1n) is 9.34. The number of furan rings is 1. The lowest BCUT2D eigenvalue weighted by molar-refractivity contribution is -0.113. The van der Waals surface area contributed by atoms with Crippen LogP contribution in [0.2, 0.25) is 0 Å². The number of nitrogens with one attached hydrogen (secondary N) is 1. The zero-order valence-corrected chi connectivity index (χ0v) is 18.2. The van der Waals surface area contributed by atoms with Crippen LogP contribution in [0.4, 0.5) is 5.13 Å². The number of carbonyl (C=O) groups excluding carboxylic acids is 1. The second kappa shape index (κ2) is 9.23. The highest BCUT2D eigenvalue weighted by molar-refractivity contribution is 7.99. The molecule has 0 aliphatic rings. The lowest BCUT2D eigenvalue weighted by atomic mass is 10.1. The van der Waals surface area contributed by atoms with Crippen LogP contribution in [-0.4, -0.2) is 36.6 Å². The van der Waals surface area contributed by atoms with E-state index in [1.165, 1.54) is 28.7 Å². The number of benzene rings is 1. The van der Waals surface area contributed by atoms with Crippen molar-refractivity contribution < 1.29 is 9.21 Å². The molecule has 4 rings (SSSR count). The maximum absolute atomic E-state index is 12.3. The first-order chi connectivity index (χ1) is 14.6. The van der Waals surface area contributed by atoms with Crippen molar-refractivity contribution in [3.05, 3.63) is 59.0 Å². The highest BCUT2D eigenvalue weighted by Crippen LogP contribution is 2.27. The Balaban J connectivity index is 1.50. The molecule has 0 saturated carbocycles. The third-order valence-electron chi connectivity index (χ3n) is 4.39. The molecule has 0 aliphatic heterocycles. The summed E-state index contributed by atoms with van der Waals surface area (Å²) in [6, 6.07) is 12.1. The van der Waals surface area contributed by atoms with E-state index in [4.69, 9.17) is 4.42 Å². The van der Waals surface area contributed by atoms with Crippen molar-refractivity contribution in [2.24, 2.45) is 0 Å². The predicted octanol–water partition coefficient (Wildman–Crippen LogP) is 3.98. The summed E-state index contributed by atoms with van der Waals surface area (Å²) in [6.45, 7) is 4.43. The molecule has 1 amide bonds. The summed E-state index contributed by atoms with van der Waals surface area (Å²) >= 11 is 2.69. The molecule has 0 spiro atoms. The van der Waals surface area contributed by atoms with E-state index in [2.05, 4.69) is 37.8 Å². The molecule has 0 fully saturated rings. The van der Waals surface area contributed by atoms with Crippen LogP contribution < -0.4 is 5.32 Å². The largest absolute Gasteiger partial charge is 0.469 e. The summed E-state index contributed by atoms with van der Waals surface area (Å²) in [5, 5.41) is 21.3. The Kier molecular flexibility index (Phi) is 6.24. The number of thioether (sulfide) groups is 1. The molecule has 10 heteroatoms. The molecule has 1 N–H and O–H groups in total. The van der Waals surface area contributed by atoms with Crippen molar-refractivity contribution in [3.8, 4) is 11.4 Å². The molecule has 8 nitrogen and oxygen atoms in total. The molecular weight excluding hydrogens is 420 g/mol. The van der Waals surface area contributed by atoms with Crippen molar-refractivity contribution in [2.75, 3.05) is 11.1 Å². The SMILES string of the molecule is Cc1nnc(NC(=O)CSc2nnc(-c3ccoc3C)n2CCc2ccccc2)s1. The van der Waals surface area contributed by atoms with Crippen LogP contribution in [0.15, 0.2) is 52.2 Å². The van der Waals surface area contributed by atoms with E-state index in [-0.39, 0.29) is 11.7 Å². The molecular formula is C20H20N6O2S2. The van der Waals surface area contributed by atoms with Gasteiger partial charge in [-0.2, -0.15) is 0 Å². The number of rotatable bonds is 8. The average molecular weight is 441 g/mol. The van der Waals surface area contributed by atoms with Gasteiger partial charge in [-0.1, -0.05) is 53.4 Å². The highest BCUT2D eigenvalue weighted by Gasteiger charge is 2.18. The van der Waals surface area contributed by atoms with Crippen LogP contribution in [0.3, 0.4) is 0 Å². The van der Waals surface area contributed by atoms with E-state index in [0.717, 1.165) is 28.6 Å². The first-order valence-corrected chi connectivity index (χ1v) is 11.1. The average Bonchev–Trinajstić information content (AvgIpc) is 3.45. The zero-order valence-electron chi connectivity index (χ0n) is 16.5. The van der Waals surface area contributed by atoms with E-state index < -0.39 is 0 Å². The number of nitrogens with zero attached hydrogens (tertiary/aromatic N) is 5. The van der Waals surface area contributed by atoms with Crippen LogP contribution in [0.1, 0.15) is 16.3 Å². The fourth-order valence-electron chi connectivity index (χ4n) is 2.93. The van der Waals surface area contributed by atoms with Gasteiger partial charge in [-0.15, -0.1) is 20.4 Å². The summed E-state index contributed by atoms with van der Waals surface area (Å²) in [4.78, 5) is 12.3. The minimum absolute atomic E-state index is 0.158. The molecule has 30 heavy (non-hydrogen) atoms. The standard InChI is InChI=1S/C20H20N6O2S2/c1-13-16(9-11-28-13)18-23-25-20(26(18)10-8-15-6-4-3-5-7-15)29-12-17(27)21-19-24-22-14(2)30-19/h3-7,9,11H,8,10,12H2,1-2H3,(H,21,24,27). The molecule has 0 atom stereocenters. The van der Waals surface area contributed by atoms with E-state index in [9.17, 15) is 4.79 Å². The summed E-state index contributed by atoms with van der Waals surface area (Å²) in [5.41, 5.74) is 2.12. The third-order valence-corrected chi connectivity index (χ3v) is 6.11. The van der Waals surface area contributed by atoms with Crippen LogP contribution in [-0.2, 0) is 17.8 Å². The normalized spacial score (nSPS) is 11.0. The second-order valence-electron chi connectivity index (χ2n) is 6.55. The Morgan fingerprint density at radius 1 is 1.13 bits per heavy atom.